The molecule has 4 aromatic rings. The van der Waals surface area contributed by atoms with Crippen molar-refractivity contribution >= 4 is 32.3 Å². The summed E-state index contributed by atoms with van der Waals surface area (Å²) in [7, 11) is 0. The summed E-state index contributed by atoms with van der Waals surface area (Å²) >= 11 is 0. The molecule has 0 saturated heterocycles. The summed E-state index contributed by atoms with van der Waals surface area (Å²) in [4.78, 5) is 2.82. The third-order valence-corrected chi connectivity index (χ3v) is 4.39. The van der Waals surface area contributed by atoms with Crippen molar-refractivity contribution in [3.63, 3.8) is 0 Å². The summed E-state index contributed by atoms with van der Waals surface area (Å²) in [6, 6.07) is 19.7. The van der Waals surface area contributed by atoms with Gasteiger partial charge in [-0.2, -0.15) is 0 Å². The van der Waals surface area contributed by atoms with Crippen LogP contribution in [-0.4, -0.2) is 6.54 Å². The van der Waals surface area contributed by atoms with E-state index in [2.05, 4.69) is 64.6 Å². The van der Waals surface area contributed by atoms with Crippen molar-refractivity contribution in [3.8, 4) is 0 Å². The highest BCUT2D eigenvalue weighted by Crippen LogP contribution is 2.36. The van der Waals surface area contributed by atoms with E-state index in [-0.39, 0.29) is 0 Å². The van der Waals surface area contributed by atoms with Crippen LogP contribution in [0.2, 0.25) is 0 Å². The van der Waals surface area contributed by atoms with Crippen molar-refractivity contribution in [2.75, 3.05) is 6.54 Å². The van der Waals surface area contributed by atoms with Crippen LogP contribution < -0.4 is 0 Å². The fourth-order valence-electron chi connectivity index (χ4n) is 3.40. The Labute approximate surface area is 128 Å². The molecular weight excluding hydrogens is 270 g/mol. The highest BCUT2D eigenvalue weighted by Gasteiger charge is 2.10. The summed E-state index contributed by atoms with van der Waals surface area (Å²) in [6.45, 7) is 0.554. The van der Waals surface area contributed by atoms with Crippen LogP contribution in [0.1, 0.15) is 12.0 Å². The maximum absolute atomic E-state index is 8.38. The maximum atomic E-state index is 8.38. The highest BCUT2D eigenvalue weighted by atomic mass is 15.1. The zero-order valence-corrected chi connectivity index (χ0v) is 12.2. The number of nitrogens with zero attached hydrogens (tertiary/aromatic N) is 3. The lowest BCUT2D eigenvalue weighted by Gasteiger charge is -2.13. The Morgan fingerprint density at radius 1 is 0.818 bits per heavy atom. The van der Waals surface area contributed by atoms with Crippen LogP contribution in [0.3, 0.4) is 0 Å². The summed E-state index contributed by atoms with van der Waals surface area (Å²) in [5.41, 5.74) is 9.71. The maximum Gasteiger partial charge on any atom is 0.0261 e. The number of azide groups is 1. The molecule has 0 aliphatic heterocycles. The third-order valence-electron chi connectivity index (χ3n) is 4.39. The van der Waals surface area contributed by atoms with E-state index in [0.29, 0.717) is 6.54 Å². The molecule has 0 aromatic heterocycles. The van der Waals surface area contributed by atoms with Crippen LogP contribution in [0, 0.1) is 0 Å². The predicted molar refractivity (Wildman–Crippen MR) is 92.5 cm³/mol. The molecule has 0 spiro atoms. The fraction of sp³-hybridized carbons (Fsp3) is 0.158. The Morgan fingerprint density at radius 3 is 2.27 bits per heavy atom. The molecule has 106 valence electrons. The molecule has 0 bridgehead atoms. The average molecular weight is 285 g/mol. The minimum Gasteiger partial charge on any atom is -0.0940 e. The Hall–Kier alpha value is -2.77. The molecule has 0 amide bonds. The second-order valence-corrected chi connectivity index (χ2v) is 5.64. The van der Waals surface area contributed by atoms with E-state index in [0.717, 1.165) is 12.8 Å². The van der Waals surface area contributed by atoms with E-state index in [1.54, 1.807) is 0 Å². The first-order valence-corrected chi connectivity index (χ1v) is 7.55. The van der Waals surface area contributed by atoms with Gasteiger partial charge in [-0.25, -0.2) is 0 Å². The van der Waals surface area contributed by atoms with Gasteiger partial charge in [0.25, 0.3) is 0 Å². The molecule has 22 heavy (non-hydrogen) atoms. The van der Waals surface area contributed by atoms with Gasteiger partial charge in [0.1, 0.15) is 0 Å². The van der Waals surface area contributed by atoms with Gasteiger partial charge in [0.15, 0.2) is 0 Å². The highest BCUT2D eigenvalue weighted by molar-refractivity contribution is 6.23. The molecule has 0 N–H and O–H groups in total. The predicted octanol–water partition coefficient (Wildman–Crippen LogP) is 5.83. The Balaban J connectivity index is 1.94. The zero-order valence-electron chi connectivity index (χ0n) is 12.2. The van der Waals surface area contributed by atoms with Crippen LogP contribution in [0.25, 0.3) is 42.8 Å². The van der Waals surface area contributed by atoms with Crippen LogP contribution in [0.5, 0.6) is 0 Å². The summed E-state index contributed by atoms with van der Waals surface area (Å²) in [5, 5.41) is 11.5. The van der Waals surface area contributed by atoms with E-state index in [1.165, 1.54) is 37.9 Å². The van der Waals surface area contributed by atoms with Crippen molar-refractivity contribution in [1.82, 2.24) is 0 Å². The number of hydrogen-bond donors (Lipinski definition) is 0. The van der Waals surface area contributed by atoms with Crippen LogP contribution in [0.15, 0.2) is 59.7 Å². The van der Waals surface area contributed by atoms with E-state index in [9.17, 15) is 0 Å². The van der Waals surface area contributed by atoms with Gasteiger partial charge in [-0.15, -0.1) is 0 Å². The molecule has 0 unspecified atom stereocenters. The van der Waals surface area contributed by atoms with Crippen molar-refractivity contribution in [2.45, 2.75) is 12.8 Å². The minimum atomic E-state index is 0.554. The first-order chi connectivity index (χ1) is 10.9. The van der Waals surface area contributed by atoms with Crippen molar-refractivity contribution in [1.29, 1.82) is 0 Å². The van der Waals surface area contributed by atoms with Gasteiger partial charge in [-0.1, -0.05) is 59.7 Å². The molecule has 4 rings (SSSR count). The third kappa shape index (κ3) is 1.95. The standard InChI is InChI=1S/C19H15N3/c20-22-21-12-2-5-13-6-7-16-9-8-14-3-1-4-15-10-11-17(13)19(16)18(14)15/h1,3-4,6-11H,2,5,12H2. The van der Waals surface area contributed by atoms with Gasteiger partial charge in [-0.05, 0) is 56.3 Å². The van der Waals surface area contributed by atoms with Gasteiger partial charge in [0.05, 0.1) is 0 Å². The molecule has 0 heterocycles. The molecule has 0 aliphatic carbocycles. The van der Waals surface area contributed by atoms with Crippen LogP contribution in [-0.2, 0) is 6.42 Å². The van der Waals surface area contributed by atoms with E-state index < -0.39 is 0 Å². The quantitative estimate of drug-likeness (QED) is 0.149. The second-order valence-electron chi connectivity index (χ2n) is 5.64. The van der Waals surface area contributed by atoms with Crippen molar-refractivity contribution in [2.24, 2.45) is 5.11 Å². The molecule has 0 saturated carbocycles. The number of benzene rings is 4. The molecular formula is C19H15N3. The monoisotopic (exact) mass is 285 g/mol. The lowest BCUT2D eigenvalue weighted by Crippen LogP contribution is -1.92. The number of aryl methyl sites for hydroxylation is 1. The van der Waals surface area contributed by atoms with Crippen molar-refractivity contribution < 1.29 is 0 Å². The second kappa shape index (κ2) is 5.21. The van der Waals surface area contributed by atoms with Crippen LogP contribution in [0.4, 0.5) is 0 Å². The number of rotatable bonds is 4. The molecule has 4 aromatic carbocycles. The molecule has 3 nitrogen and oxygen atoms in total. The largest absolute Gasteiger partial charge is 0.0940 e. The zero-order chi connectivity index (χ0) is 14.9. The Kier molecular flexibility index (Phi) is 3.06. The molecule has 3 heteroatoms. The van der Waals surface area contributed by atoms with Gasteiger partial charge >= 0.3 is 0 Å². The fourth-order valence-corrected chi connectivity index (χ4v) is 3.40. The lowest BCUT2D eigenvalue weighted by atomic mass is 9.91. The molecule has 0 atom stereocenters. The summed E-state index contributed by atoms with van der Waals surface area (Å²) in [6.07, 6.45) is 1.82. The van der Waals surface area contributed by atoms with Gasteiger partial charge in [0.2, 0.25) is 0 Å². The van der Waals surface area contributed by atoms with Crippen molar-refractivity contribution in [3.05, 3.63) is 70.6 Å². The van der Waals surface area contributed by atoms with Crippen LogP contribution >= 0.6 is 0 Å². The summed E-state index contributed by atoms with van der Waals surface area (Å²) in [5.74, 6) is 0. The topological polar surface area (TPSA) is 48.8 Å². The molecule has 0 radical (unpaired) electrons. The first-order valence-electron chi connectivity index (χ1n) is 7.55. The Morgan fingerprint density at radius 2 is 1.50 bits per heavy atom. The summed E-state index contributed by atoms with van der Waals surface area (Å²) < 4.78 is 0. The molecule has 0 aliphatic rings. The first kappa shape index (κ1) is 12.9. The minimum absolute atomic E-state index is 0.554. The number of hydrogen-bond acceptors (Lipinski definition) is 1. The van der Waals surface area contributed by atoms with E-state index in [4.69, 9.17) is 5.53 Å². The SMILES string of the molecule is [N-]=[N+]=NCCCc1ccc2ccc3cccc4ccc1c2c34. The van der Waals surface area contributed by atoms with Gasteiger partial charge in [-0.3, -0.25) is 0 Å². The Bertz CT molecular complexity index is 997. The normalized spacial score (nSPS) is 11.3. The smallest absolute Gasteiger partial charge is 0.0261 e. The van der Waals surface area contributed by atoms with E-state index in [1.807, 2.05) is 0 Å². The van der Waals surface area contributed by atoms with E-state index >= 15 is 0 Å². The van der Waals surface area contributed by atoms with Gasteiger partial charge < -0.3 is 0 Å². The lowest BCUT2D eigenvalue weighted by molar-refractivity contribution is 0.832. The molecule has 0 fully saturated rings. The average Bonchev–Trinajstić information content (AvgIpc) is 2.57. The van der Waals surface area contributed by atoms with Gasteiger partial charge in [0, 0.05) is 11.5 Å².